The number of aromatic nitrogens is 2. The summed E-state index contributed by atoms with van der Waals surface area (Å²) in [6.07, 6.45) is 1.32. The van der Waals surface area contributed by atoms with E-state index < -0.39 is 5.82 Å². The Kier molecular flexibility index (Phi) is 5.38. The minimum atomic E-state index is -0.536. The largest absolute Gasteiger partial charge is 0.485 e. The highest BCUT2D eigenvalue weighted by atomic mass is 35.5. The molecule has 0 saturated carbocycles. The van der Waals surface area contributed by atoms with Crippen molar-refractivity contribution in [3.8, 4) is 5.75 Å². The number of nitrogens with one attached hydrogen (secondary N) is 1. The lowest BCUT2D eigenvalue weighted by Gasteiger charge is -2.23. The van der Waals surface area contributed by atoms with Gasteiger partial charge in [0.25, 0.3) is 0 Å². The minimum absolute atomic E-state index is 0.00650. The van der Waals surface area contributed by atoms with Crippen molar-refractivity contribution in [2.75, 3.05) is 31.7 Å². The van der Waals surface area contributed by atoms with Crippen LogP contribution in [0.15, 0.2) is 34.9 Å². The van der Waals surface area contributed by atoms with Crippen molar-refractivity contribution in [3.63, 3.8) is 0 Å². The fraction of sp³-hybridized carbons (Fsp3) is 0.333. The van der Waals surface area contributed by atoms with Gasteiger partial charge in [0.05, 0.1) is 32.6 Å². The second-order valence-corrected chi connectivity index (χ2v) is 6.26. The molecule has 9 heteroatoms. The maximum atomic E-state index is 14.4. The standard InChI is InChI=1S/C18H17ClFN3O4/c19-18-22-15-13(17(23-18)21-8-11-2-1-5-25-11)3-4-14(20)16(15)27-10-12-9-24-6-7-26-12/h1-5,12H,6-10H2,(H,21,22,23). The van der Waals surface area contributed by atoms with Gasteiger partial charge in [-0.3, -0.25) is 0 Å². The molecule has 4 rings (SSSR count). The number of fused-ring (bicyclic) bond motifs is 1. The first kappa shape index (κ1) is 18.0. The van der Waals surface area contributed by atoms with Crippen molar-refractivity contribution in [2.45, 2.75) is 12.6 Å². The van der Waals surface area contributed by atoms with E-state index in [1.165, 1.54) is 6.07 Å². The monoisotopic (exact) mass is 393 g/mol. The van der Waals surface area contributed by atoms with E-state index in [1.807, 2.05) is 6.07 Å². The van der Waals surface area contributed by atoms with Crippen LogP contribution in [0.25, 0.3) is 10.9 Å². The number of furan rings is 1. The van der Waals surface area contributed by atoms with Crippen molar-refractivity contribution in [1.29, 1.82) is 0 Å². The third kappa shape index (κ3) is 4.13. The van der Waals surface area contributed by atoms with Gasteiger partial charge in [-0.25, -0.2) is 14.4 Å². The summed E-state index contributed by atoms with van der Waals surface area (Å²) in [5.74, 6) is 0.660. The maximum Gasteiger partial charge on any atom is 0.225 e. The van der Waals surface area contributed by atoms with Crippen LogP contribution in [0.2, 0.25) is 5.28 Å². The van der Waals surface area contributed by atoms with Crippen LogP contribution in [0.5, 0.6) is 5.75 Å². The smallest absolute Gasteiger partial charge is 0.225 e. The van der Waals surface area contributed by atoms with Gasteiger partial charge in [0.2, 0.25) is 5.28 Å². The summed E-state index contributed by atoms with van der Waals surface area (Å²) in [6, 6.07) is 6.52. The number of halogens is 2. The van der Waals surface area contributed by atoms with Crippen molar-refractivity contribution in [1.82, 2.24) is 9.97 Å². The molecule has 1 atom stereocenters. The van der Waals surface area contributed by atoms with Crippen LogP contribution in [0.4, 0.5) is 10.2 Å². The molecule has 142 valence electrons. The molecule has 7 nitrogen and oxygen atoms in total. The van der Waals surface area contributed by atoms with Crippen LogP contribution < -0.4 is 10.1 Å². The van der Waals surface area contributed by atoms with Gasteiger partial charge in [-0.1, -0.05) is 0 Å². The van der Waals surface area contributed by atoms with Gasteiger partial charge < -0.3 is 23.9 Å². The Balaban J connectivity index is 1.61. The lowest BCUT2D eigenvalue weighted by Crippen LogP contribution is -2.33. The van der Waals surface area contributed by atoms with E-state index in [9.17, 15) is 4.39 Å². The lowest BCUT2D eigenvalue weighted by atomic mass is 10.2. The highest BCUT2D eigenvalue weighted by Gasteiger charge is 2.19. The van der Waals surface area contributed by atoms with E-state index in [0.29, 0.717) is 37.6 Å². The molecule has 1 aromatic carbocycles. The zero-order chi connectivity index (χ0) is 18.6. The van der Waals surface area contributed by atoms with E-state index in [2.05, 4.69) is 15.3 Å². The Morgan fingerprint density at radius 1 is 1.26 bits per heavy atom. The first-order valence-corrected chi connectivity index (χ1v) is 8.82. The summed E-state index contributed by atoms with van der Waals surface area (Å²) >= 11 is 6.05. The number of nitrogens with zero attached hydrogens (tertiary/aromatic N) is 2. The summed E-state index contributed by atoms with van der Waals surface area (Å²) in [5.41, 5.74) is 0.286. The molecule has 2 aromatic heterocycles. The van der Waals surface area contributed by atoms with Crippen LogP contribution in [0.3, 0.4) is 0 Å². The average molecular weight is 394 g/mol. The lowest BCUT2D eigenvalue weighted by molar-refractivity contribution is -0.101. The molecule has 0 radical (unpaired) electrons. The summed E-state index contributed by atoms with van der Waals surface area (Å²) in [4.78, 5) is 8.36. The first-order chi connectivity index (χ1) is 13.2. The Morgan fingerprint density at radius 2 is 2.19 bits per heavy atom. The molecule has 0 aliphatic carbocycles. The van der Waals surface area contributed by atoms with Crippen LogP contribution >= 0.6 is 11.6 Å². The average Bonchev–Trinajstić information content (AvgIpc) is 3.19. The molecule has 1 unspecified atom stereocenters. The molecular formula is C18H17ClFN3O4. The van der Waals surface area contributed by atoms with Gasteiger partial charge in [0.1, 0.15) is 29.8 Å². The second kappa shape index (κ2) is 8.08. The van der Waals surface area contributed by atoms with Crippen LogP contribution in [-0.2, 0) is 16.0 Å². The minimum Gasteiger partial charge on any atom is -0.485 e. The molecular weight excluding hydrogens is 377 g/mol. The molecule has 3 heterocycles. The molecule has 3 aromatic rings. The Morgan fingerprint density at radius 3 is 2.96 bits per heavy atom. The molecule has 1 N–H and O–H groups in total. The number of anilines is 1. The number of rotatable bonds is 6. The third-order valence-corrected chi connectivity index (χ3v) is 4.22. The zero-order valence-electron chi connectivity index (χ0n) is 14.3. The van der Waals surface area contributed by atoms with Crippen LogP contribution in [0.1, 0.15) is 5.76 Å². The number of hydrogen-bond donors (Lipinski definition) is 1. The predicted molar refractivity (Wildman–Crippen MR) is 96.6 cm³/mol. The van der Waals surface area contributed by atoms with E-state index in [0.717, 1.165) is 5.76 Å². The maximum absolute atomic E-state index is 14.4. The third-order valence-electron chi connectivity index (χ3n) is 4.06. The number of benzene rings is 1. The normalized spacial score (nSPS) is 17.2. The van der Waals surface area contributed by atoms with Gasteiger partial charge >= 0.3 is 0 Å². The molecule has 1 fully saturated rings. The van der Waals surface area contributed by atoms with E-state index in [-0.39, 0.29) is 29.3 Å². The highest BCUT2D eigenvalue weighted by Crippen LogP contribution is 2.32. The Labute approximate surface area is 159 Å². The summed E-state index contributed by atoms with van der Waals surface area (Å²) in [7, 11) is 0. The van der Waals surface area contributed by atoms with Gasteiger partial charge in [0.15, 0.2) is 11.6 Å². The molecule has 0 bridgehead atoms. The van der Waals surface area contributed by atoms with Crippen molar-refractivity contribution < 1.29 is 23.0 Å². The molecule has 1 aliphatic rings. The fourth-order valence-electron chi connectivity index (χ4n) is 2.78. The van der Waals surface area contributed by atoms with E-state index in [1.54, 1.807) is 18.4 Å². The van der Waals surface area contributed by atoms with Gasteiger partial charge in [0, 0.05) is 5.39 Å². The topological polar surface area (TPSA) is 78.6 Å². The van der Waals surface area contributed by atoms with Crippen molar-refractivity contribution in [2.24, 2.45) is 0 Å². The van der Waals surface area contributed by atoms with Gasteiger partial charge in [-0.05, 0) is 35.9 Å². The van der Waals surface area contributed by atoms with Crippen LogP contribution in [-0.4, -0.2) is 42.5 Å². The quantitative estimate of drug-likeness (QED) is 0.643. The molecule has 1 aliphatic heterocycles. The van der Waals surface area contributed by atoms with Crippen LogP contribution in [0, 0.1) is 5.82 Å². The van der Waals surface area contributed by atoms with Gasteiger partial charge in [-0.2, -0.15) is 0 Å². The summed E-state index contributed by atoms with van der Waals surface area (Å²) in [5, 5.41) is 3.70. The molecule has 0 amide bonds. The molecule has 0 spiro atoms. The Hall–Kier alpha value is -2.42. The fourth-order valence-corrected chi connectivity index (χ4v) is 2.95. The van der Waals surface area contributed by atoms with E-state index in [4.69, 9.17) is 30.2 Å². The van der Waals surface area contributed by atoms with Crippen molar-refractivity contribution >= 4 is 28.3 Å². The van der Waals surface area contributed by atoms with Crippen molar-refractivity contribution in [3.05, 3.63) is 47.4 Å². The molecule has 1 saturated heterocycles. The summed E-state index contributed by atoms with van der Waals surface area (Å²) in [6.45, 7) is 1.98. The predicted octanol–water partition coefficient (Wildman–Crippen LogP) is 3.42. The Bertz CT molecular complexity index is 917. The second-order valence-electron chi connectivity index (χ2n) is 5.93. The van der Waals surface area contributed by atoms with E-state index >= 15 is 0 Å². The zero-order valence-corrected chi connectivity index (χ0v) is 15.0. The van der Waals surface area contributed by atoms with Gasteiger partial charge in [-0.15, -0.1) is 0 Å². The molecule has 27 heavy (non-hydrogen) atoms. The SMILES string of the molecule is Fc1ccc2c(NCc3ccco3)nc(Cl)nc2c1OCC1COCCO1. The summed E-state index contributed by atoms with van der Waals surface area (Å²) < 4.78 is 36.2. The number of ether oxygens (including phenoxy) is 3. The first-order valence-electron chi connectivity index (χ1n) is 8.45. The number of hydrogen-bond acceptors (Lipinski definition) is 7. The highest BCUT2D eigenvalue weighted by molar-refractivity contribution is 6.29.